The highest BCUT2D eigenvalue weighted by Gasteiger charge is 2.58. The second kappa shape index (κ2) is 9.63. The number of amides is 2. The van der Waals surface area contributed by atoms with Crippen LogP contribution < -0.4 is 20.1 Å². The van der Waals surface area contributed by atoms with Crippen LogP contribution in [0.15, 0.2) is 41.4 Å². The van der Waals surface area contributed by atoms with E-state index in [0.29, 0.717) is 32.1 Å². The van der Waals surface area contributed by atoms with Crippen molar-refractivity contribution in [3.8, 4) is 11.5 Å². The van der Waals surface area contributed by atoms with Gasteiger partial charge in [-0.1, -0.05) is 18.2 Å². The van der Waals surface area contributed by atoms with E-state index in [1.165, 1.54) is 4.90 Å². The Kier molecular flexibility index (Phi) is 6.67. The van der Waals surface area contributed by atoms with Crippen LogP contribution in [-0.2, 0) is 9.59 Å². The lowest BCUT2D eigenvalue weighted by Crippen LogP contribution is -2.44. The highest BCUT2D eigenvalue weighted by atomic mass is 16.5. The zero-order valence-electron chi connectivity index (χ0n) is 18.9. The number of imide groups is 1. The van der Waals surface area contributed by atoms with Gasteiger partial charge in [-0.15, -0.1) is 0 Å². The molecule has 1 aromatic carbocycles. The van der Waals surface area contributed by atoms with Crippen LogP contribution in [0, 0.1) is 23.7 Å². The molecule has 0 radical (unpaired) electrons. The number of benzene rings is 1. The fourth-order valence-electron chi connectivity index (χ4n) is 4.98. The van der Waals surface area contributed by atoms with Gasteiger partial charge in [-0.3, -0.25) is 14.5 Å². The number of aliphatic imine (C=N–C) groups is 1. The Labute approximate surface area is 189 Å². The molecule has 32 heavy (non-hydrogen) atoms. The molecule has 1 saturated carbocycles. The van der Waals surface area contributed by atoms with Crippen LogP contribution >= 0.6 is 0 Å². The smallest absolute Gasteiger partial charge is 0.233 e. The molecule has 1 saturated heterocycles. The molecule has 8 heteroatoms. The van der Waals surface area contributed by atoms with Gasteiger partial charge >= 0.3 is 0 Å². The maximum atomic E-state index is 12.8. The molecule has 4 rings (SSSR count). The zero-order chi connectivity index (χ0) is 22.7. The maximum absolute atomic E-state index is 12.8. The zero-order valence-corrected chi connectivity index (χ0v) is 18.9. The van der Waals surface area contributed by atoms with Gasteiger partial charge in [0.25, 0.3) is 0 Å². The molecule has 172 valence electrons. The first-order valence-electron chi connectivity index (χ1n) is 11.4. The van der Waals surface area contributed by atoms with Crippen LogP contribution in [0.3, 0.4) is 0 Å². The Morgan fingerprint density at radius 2 is 1.84 bits per heavy atom. The van der Waals surface area contributed by atoms with E-state index >= 15 is 0 Å². The van der Waals surface area contributed by atoms with E-state index in [2.05, 4.69) is 27.8 Å². The van der Waals surface area contributed by atoms with E-state index in [4.69, 9.17) is 9.47 Å². The predicted molar refractivity (Wildman–Crippen MR) is 122 cm³/mol. The fourth-order valence-corrected chi connectivity index (χ4v) is 4.98. The molecule has 2 amide bonds. The molecule has 1 heterocycles. The molecule has 5 atom stereocenters. The van der Waals surface area contributed by atoms with Crippen molar-refractivity contribution in [1.82, 2.24) is 15.5 Å². The Hall–Kier alpha value is -3.03. The van der Waals surface area contributed by atoms with Crippen molar-refractivity contribution >= 4 is 17.8 Å². The van der Waals surface area contributed by atoms with E-state index in [0.717, 1.165) is 17.9 Å². The van der Waals surface area contributed by atoms with Crippen LogP contribution in [-0.4, -0.2) is 62.1 Å². The number of hydrogen-bond donors (Lipinski definition) is 2. The van der Waals surface area contributed by atoms with Gasteiger partial charge in [-0.2, -0.15) is 0 Å². The standard InChI is InChI=1S/C24H32N4O4/c1-4-25-24(27-14-15(2)32-19-7-5-6-18(13-19)31-3)26-10-11-28-22(29)20-16-8-9-17(12-16)21(20)23(28)30/h5-9,13,15-17,20-21H,4,10-12,14H2,1-3H3,(H2,25,26,27). The highest BCUT2D eigenvalue weighted by molar-refractivity contribution is 6.06. The molecule has 3 aliphatic rings. The summed E-state index contributed by atoms with van der Waals surface area (Å²) in [5.41, 5.74) is 0. The minimum absolute atomic E-state index is 0.0131. The highest BCUT2D eigenvalue weighted by Crippen LogP contribution is 2.52. The van der Waals surface area contributed by atoms with Crippen molar-refractivity contribution in [3.05, 3.63) is 36.4 Å². The minimum atomic E-state index is -0.144. The first-order chi connectivity index (χ1) is 15.5. The van der Waals surface area contributed by atoms with Gasteiger partial charge in [0.05, 0.1) is 25.5 Å². The number of methoxy groups -OCH3 is 1. The summed E-state index contributed by atoms with van der Waals surface area (Å²) in [4.78, 5) is 31.6. The van der Waals surface area contributed by atoms with Crippen LogP contribution in [0.5, 0.6) is 11.5 Å². The normalized spacial score (nSPS) is 27.0. The van der Waals surface area contributed by atoms with Crippen molar-refractivity contribution in [3.63, 3.8) is 0 Å². The molecule has 1 aromatic rings. The van der Waals surface area contributed by atoms with Crippen molar-refractivity contribution in [2.24, 2.45) is 28.7 Å². The van der Waals surface area contributed by atoms with Crippen LogP contribution in [0.2, 0.25) is 0 Å². The quantitative estimate of drug-likeness (QED) is 0.263. The number of guanidine groups is 1. The Morgan fingerprint density at radius 1 is 1.16 bits per heavy atom. The Balaban J connectivity index is 1.27. The summed E-state index contributed by atoms with van der Waals surface area (Å²) < 4.78 is 11.1. The summed E-state index contributed by atoms with van der Waals surface area (Å²) in [5, 5.41) is 6.43. The number of carbonyl (C=O) groups is 2. The lowest BCUT2D eigenvalue weighted by molar-refractivity contribution is -0.140. The third-order valence-electron chi connectivity index (χ3n) is 6.42. The number of hydrogen-bond acceptors (Lipinski definition) is 5. The van der Waals surface area contributed by atoms with Crippen LogP contribution in [0.1, 0.15) is 20.3 Å². The number of carbonyl (C=O) groups excluding carboxylic acids is 2. The minimum Gasteiger partial charge on any atom is -0.497 e. The largest absolute Gasteiger partial charge is 0.497 e. The van der Waals surface area contributed by atoms with E-state index in [1.807, 2.05) is 38.1 Å². The molecule has 2 bridgehead atoms. The summed E-state index contributed by atoms with van der Waals surface area (Å²) in [6.07, 6.45) is 5.04. The van der Waals surface area contributed by atoms with Gasteiger partial charge in [0.2, 0.25) is 11.8 Å². The number of ether oxygens (including phenoxy) is 2. The molecule has 2 fully saturated rings. The second-order valence-corrected chi connectivity index (χ2v) is 8.58. The van der Waals surface area contributed by atoms with Crippen LogP contribution in [0.25, 0.3) is 0 Å². The van der Waals surface area contributed by atoms with E-state index < -0.39 is 0 Å². The number of rotatable bonds is 9. The van der Waals surface area contributed by atoms with Gasteiger partial charge in [-0.25, -0.2) is 4.99 Å². The number of fused-ring (bicyclic) bond motifs is 5. The fraction of sp³-hybridized carbons (Fsp3) is 0.542. The molecular formula is C24H32N4O4. The number of nitrogens with one attached hydrogen (secondary N) is 2. The number of nitrogens with zero attached hydrogens (tertiary/aromatic N) is 2. The molecule has 2 aliphatic carbocycles. The van der Waals surface area contributed by atoms with Crippen molar-refractivity contribution in [2.75, 3.05) is 33.3 Å². The van der Waals surface area contributed by atoms with Gasteiger partial charge in [0.15, 0.2) is 5.96 Å². The van der Waals surface area contributed by atoms with Gasteiger partial charge in [-0.05, 0) is 44.2 Å². The summed E-state index contributed by atoms with van der Waals surface area (Å²) in [6.45, 7) is 5.91. The molecule has 0 aromatic heterocycles. The summed E-state index contributed by atoms with van der Waals surface area (Å²) in [7, 11) is 1.62. The first kappa shape index (κ1) is 22.2. The molecule has 8 nitrogen and oxygen atoms in total. The van der Waals surface area contributed by atoms with E-state index in [9.17, 15) is 9.59 Å². The van der Waals surface area contributed by atoms with Crippen molar-refractivity contribution in [2.45, 2.75) is 26.4 Å². The molecule has 5 unspecified atom stereocenters. The van der Waals surface area contributed by atoms with Gasteiger partial charge in [0.1, 0.15) is 17.6 Å². The monoisotopic (exact) mass is 440 g/mol. The predicted octanol–water partition coefficient (Wildman–Crippen LogP) is 1.82. The maximum Gasteiger partial charge on any atom is 0.233 e. The number of likely N-dealkylation sites (tertiary alicyclic amines) is 1. The Bertz CT molecular complexity index is 885. The summed E-state index contributed by atoms with van der Waals surface area (Å²) in [5.74, 6) is 2.27. The van der Waals surface area contributed by atoms with E-state index in [1.54, 1.807) is 7.11 Å². The molecule has 1 aliphatic heterocycles. The SMILES string of the molecule is CCNC(=NCC(C)Oc1cccc(OC)c1)NCCN1C(=O)C2C3C=CC(C3)C2C1=O. The Morgan fingerprint density at radius 3 is 2.50 bits per heavy atom. The summed E-state index contributed by atoms with van der Waals surface area (Å²) >= 11 is 0. The van der Waals surface area contributed by atoms with Crippen molar-refractivity contribution < 1.29 is 19.1 Å². The lowest BCUT2D eigenvalue weighted by atomic mass is 9.85. The molecular weight excluding hydrogens is 408 g/mol. The van der Waals surface area contributed by atoms with E-state index in [-0.39, 0.29) is 41.6 Å². The van der Waals surface area contributed by atoms with Crippen molar-refractivity contribution in [1.29, 1.82) is 0 Å². The molecule has 2 N–H and O–H groups in total. The van der Waals surface area contributed by atoms with Crippen LogP contribution in [0.4, 0.5) is 0 Å². The second-order valence-electron chi connectivity index (χ2n) is 8.58. The summed E-state index contributed by atoms with van der Waals surface area (Å²) in [6, 6.07) is 7.47. The first-order valence-corrected chi connectivity index (χ1v) is 11.4. The third-order valence-corrected chi connectivity index (χ3v) is 6.42. The lowest BCUT2D eigenvalue weighted by Gasteiger charge is -2.19. The average molecular weight is 441 g/mol. The topological polar surface area (TPSA) is 92.3 Å². The average Bonchev–Trinajstić information content (AvgIpc) is 3.47. The van der Waals surface area contributed by atoms with Gasteiger partial charge < -0.3 is 20.1 Å². The van der Waals surface area contributed by atoms with Gasteiger partial charge in [0, 0.05) is 25.7 Å². The molecule has 0 spiro atoms. The number of allylic oxidation sites excluding steroid dienone is 2. The third kappa shape index (κ3) is 4.45.